The molecule has 3 aliphatic heterocycles. The first-order valence-corrected chi connectivity index (χ1v) is 10.1. The highest BCUT2D eigenvalue weighted by molar-refractivity contribution is 5.79. The summed E-state index contributed by atoms with van der Waals surface area (Å²) < 4.78 is 11.8. The molecule has 7 nitrogen and oxygen atoms in total. The standard InChI is InChI=1S/C22H24N2O3.CH2O2/c25-21(13-23-9-10-26-20-8-4-2-6-18(20)12-23)24-14-22(15-24)11-17-5-1-3-7-19(17)27-16-22;2-1-3/h1-8H,9-16H2;1H,(H,2,3). The molecule has 5 rings (SSSR count). The van der Waals surface area contributed by atoms with Crippen molar-refractivity contribution >= 4 is 12.4 Å². The Morgan fingerprint density at radius 2 is 1.67 bits per heavy atom. The summed E-state index contributed by atoms with van der Waals surface area (Å²) >= 11 is 0. The van der Waals surface area contributed by atoms with E-state index in [0.29, 0.717) is 19.8 Å². The Labute approximate surface area is 175 Å². The zero-order valence-electron chi connectivity index (χ0n) is 16.8. The predicted molar refractivity (Wildman–Crippen MR) is 111 cm³/mol. The number of carbonyl (C=O) groups excluding carboxylic acids is 1. The van der Waals surface area contributed by atoms with E-state index < -0.39 is 0 Å². The van der Waals surface area contributed by atoms with Crippen LogP contribution >= 0.6 is 0 Å². The summed E-state index contributed by atoms with van der Waals surface area (Å²) in [5.74, 6) is 2.14. The van der Waals surface area contributed by atoms with Gasteiger partial charge in [-0.25, -0.2) is 0 Å². The number of carbonyl (C=O) groups is 2. The second-order valence-corrected chi connectivity index (χ2v) is 8.10. The summed E-state index contributed by atoms with van der Waals surface area (Å²) in [6, 6.07) is 16.3. The summed E-state index contributed by atoms with van der Waals surface area (Å²) in [5, 5.41) is 6.89. The molecule has 2 aromatic rings. The number of amides is 1. The highest BCUT2D eigenvalue weighted by Crippen LogP contribution is 2.41. The molecule has 1 spiro atoms. The van der Waals surface area contributed by atoms with E-state index in [1.54, 1.807) is 0 Å². The fourth-order valence-corrected chi connectivity index (χ4v) is 4.43. The van der Waals surface area contributed by atoms with Crippen LogP contribution in [0.3, 0.4) is 0 Å². The highest BCUT2D eigenvalue weighted by Gasteiger charge is 2.48. The summed E-state index contributed by atoms with van der Waals surface area (Å²) in [5.41, 5.74) is 2.51. The van der Waals surface area contributed by atoms with Crippen molar-refractivity contribution in [2.45, 2.75) is 13.0 Å². The molecule has 0 atom stereocenters. The Balaban J connectivity index is 0.000000687. The average molecular weight is 410 g/mol. The number of para-hydroxylation sites is 2. The van der Waals surface area contributed by atoms with Crippen LogP contribution in [-0.2, 0) is 22.6 Å². The summed E-state index contributed by atoms with van der Waals surface area (Å²) in [4.78, 5) is 25.3. The van der Waals surface area contributed by atoms with Crippen LogP contribution < -0.4 is 9.47 Å². The Morgan fingerprint density at radius 1 is 1.03 bits per heavy atom. The lowest BCUT2D eigenvalue weighted by molar-refractivity contribution is -0.147. The molecule has 3 heterocycles. The van der Waals surface area contributed by atoms with Gasteiger partial charge in [0.15, 0.2) is 0 Å². The lowest BCUT2D eigenvalue weighted by atomic mass is 9.74. The third-order valence-electron chi connectivity index (χ3n) is 5.87. The number of benzene rings is 2. The molecule has 2 aromatic carbocycles. The highest BCUT2D eigenvalue weighted by atomic mass is 16.5. The minimum Gasteiger partial charge on any atom is -0.493 e. The molecule has 0 saturated carbocycles. The van der Waals surface area contributed by atoms with Crippen LogP contribution in [0.25, 0.3) is 0 Å². The maximum atomic E-state index is 12.8. The number of likely N-dealkylation sites (tertiary alicyclic amines) is 1. The number of fused-ring (bicyclic) bond motifs is 2. The normalized spacial score (nSPS) is 18.9. The van der Waals surface area contributed by atoms with Crippen LogP contribution in [0, 0.1) is 5.41 Å². The zero-order chi connectivity index (χ0) is 21.0. The van der Waals surface area contributed by atoms with Crippen molar-refractivity contribution in [3.63, 3.8) is 0 Å². The van der Waals surface area contributed by atoms with Crippen molar-refractivity contribution in [3.8, 4) is 11.5 Å². The largest absolute Gasteiger partial charge is 0.493 e. The number of hydrogen-bond donors (Lipinski definition) is 1. The van der Waals surface area contributed by atoms with Gasteiger partial charge in [0.2, 0.25) is 5.91 Å². The van der Waals surface area contributed by atoms with Crippen LogP contribution in [0.2, 0.25) is 0 Å². The van der Waals surface area contributed by atoms with Crippen molar-refractivity contribution in [2.24, 2.45) is 5.41 Å². The second kappa shape index (κ2) is 8.75. The van der Waals surface area contributed by atoms with Crippen molar-refractivity contribution < 1.29 is 24.2 Å². The first-order chi connectivity index (χ1) is 14.6. The van der Waals surface area contributed by atoms with Gasteiger partial charge < -0.3 is 19.5 Å². The van der Waals surface area contributed by atoms with Gasteiger partial charge in [0.1, 0.15) is 18.1 Å². The first-order valence-electron chi connectivity index (χ1n) is 10.1. The molecule has 0 radical (unpaired) electrons. The van der Waals surface area contributed by atoms with Crippen molar-refractivity contribution in [1.82, 2.24) is 9.80 Å². The molecule has 1 saturated heterocycles. The minimum atomic E-state index is -0.250. The van der Waals surface area contributed by atoms with E-state index in [1.807, 2.05) is 35.2 Å². The van der Waals surface area contributed by atoms with Crippen molar-refractivity contribution in [1.29, 1.82) is 0 Å². The average Bonchev–Trinajstić information content (AvgIpc) is 2.93. The molecule has 0 bridgehead atoms. The van der Waals surface area contributed by atoms with Crippen LogP contribution in [0.1, 0.15) is 11.1 Å². The van der Waals surface area contributed by atoms with E-state index in [1.165, 1.54) is 5.56 Å². The Kier molecular flexibility index (Phi) is 5.90. The predicted octanol–water partition coefficient (Wildman–Crippen LogP) is 2.05. The second-order valence-electron chi connectivity index (χ2n) is 8.10. The van der Waals surface area contributed by atoms with E-state index in [-0.39, 0.29) is 17.8 Å². The third kappa shape index (κ3) is 4.26. The van der Waals surface area contributed by atoms with Gasteiger partial charge in [-0.1, -0.05) is 36.4 Å². The Morgan fingerprint density at radius 3 is 2.40 bits per heavy atom. The monoisotopic (exact) mass is 410 g/mol. The van der Waals surface area contributed by atoms with Gasteiger partial charge in [0, 0.05) is 37.2 Å². The Bertz CT molecular complexity index is 910. The molecule has 3 aliphatic rings. The first kappa shape index (κ1) is 20.2. The lowest BCUT2D eigenvalue weighted by Crippen LogP contribution is -2.64. The minimum absolute atomic E-state index is 0.0957. The molecule has 1 fully saturated rings. The molecule has 1 amide bonds. The maximum absolute atomic E-state index is 12.8. The zero-order valence-corrected chi connectivity index (χ0v) is 16.8. The van der Waals surface area contributed by atoms with Gasteiger partial charge >= 0.3 is 0 Å². The fourth-order valence-electron chi connectivity index (χ4n) is 4.43. The van der Waals surface area contributed by atoms with E-state index in [2.05, 4.69) is 23.1 Å². The van der Waals surface area contributed by atoms with E-state index in [9.17, 15) is 4.79 Å². The fraction of sp³-hybridized carbons (Fsp3) is 0.391. The quantitative estimate of drug-likeness (QED) is 0.764. The van der Waals surface area contributed by atoms with Gasteiger partial charge in [0.25, 0.3) is 6.47 Å². The number of rotatable bonds is 2. The molecule has 7 heteroatoms. The third-order valence-corrected chi connectivity index (χ3v) is 5.87. The van der Waals surface area contributed by atoms with Crippen molar-refractivity contribution in [3.05, 3.63) is 59.7 Å². The van der Waals surface area contributed by atoms with E-state index >= 15 is 0 Å². The van der Waals surface area contributed by atoms with Gasteiger partial charge in [0.05, 0.1) is 13.2 Å². The summed E-state index contributed by atoms with van der Waals surface area (Å²) in [7, 11) is 0. The molecule has 0 unspecified atom stereocenters. The topological polar surface area (TPSA) is 79.3 Å². The van der Waals surface area contributed by atoms with Crippen LogP contribution in [0.5, 0.6) is 11.5 Å². The molecule has 1 N–H and O–H groups in total. The maximum Gasteiger partial charge on any atom is 0.290 e. The molecule has 30 heavy (non-hydrogen) atoms. The van der Waals surface area contributed by atoms with E-state index in [0.717, 1.165) is 49.7 Å². The summed E-state index contributed by atoms with van der Waals surface area (Å²) in [6.07, 6.45) is 0.998. The molecular formula is C23H26N2O5. The van der Waals surface area contributed by atoms with Crippen LogP contribution in [-0.4, -0.2) is 66.7 Å². The SMILES string of the molecule is O=C(CN1CCOc2ccccc2C1)N1CC2(COc3ccccc3C2)C1.O=CO. The van der Waals surface area contributed by atoms with Crippen LogP contribution in [0.15, 0.2) is 48.5 Å². The molecule has 0 aliphatic carbocycles. The van der Waals surface area contributed by atoms with Crippen LogP contribution in [0.4, 0.5) is 0 Å². The smallest absolute Gasteiger partial charge is 0.290 e. The molecule has 0 aromatic heterocycles. The van der Waals surface area contributed by atoms with Gasteiger partial charge in [-0.3, -0.25) is 14.5 Å². The van der Waals surface area contributed by atoms with Gasteiger partial charge in [-0.15, -0.1) is 0 Å². The van der Waals surface area contributed by atoms with E-state index in [4.69, 9.17) is 19.4 Å². The molecule has 158 valence electrons. The molecular weight excluding hydrogens is 384 g/mol. The number of nitrogens with zero attached hydrogens (tertiary/aromatic N) is 2. The number of hydrogen-bond acceptors (Lipinski definition) is 5. The lowest BCUT2D eigenvalue weighted by Gasteiger charge is -2.52. The van der Waals surface area contributed by atoms with Gasteiger partial charge in [-0.05, 0) is 24.1 Å². The number of ether oxygens (including phenoxy) is 2. The summed E-state index contributed by atoms with van der Waals surface area (Å²) in [6.45, 7) is 4.65. The number of carboxylic acid groups (broad SMARTS) is 1. The van der Waals surface area contributed by atoms with Gasteiger partial charge in [-0.2, -0.15) is 0 Å². The Hall–Kier alpha value is -3.06. The van der Waals surface area contributed by atoms with Crippen molar-refractivity contribution in [2.75, 3.05) is 39.4 Å².